The van der Waals surface area contributed by atoms with E-state index in [1.165, 1.54) is 0 Å². The molecule has 6 heteroatoms. The maximum Gasteiger partial charge on any atom is 0.240 e. The predicted octanol–water partition coefficient (Wildman–Crippen LogP) is 2.52. The van der Waals surface area contributed by atoms with Crippen LogP contribution >= 0.6 is 15.9 Å². The Morgan fingerprint density at radius 1 is 1.45 bits per heavy atom. The molecule has 1 aliphatic rings. The van der Waals surface area contributed by atoms with E-state index in [4.69, 9.17) is 0 Å². The average Bonchev–Trinajstić information content (AvgIpc) is 2.86. The quantitative estimate of drug-likeness (QED) is 0.877. The highest BCUT2D eigenvalue weighted by Crippen LogP contribution is 2.21. The lowest BCUT2D eigenvalue weighted by molar-refractivity contribution is 0.268. The molecule has 1 saturated heterocycles. The summed E-state index contributed by atoms with van der Waals surface area (Å²) in [6.07, 6.45) is 2.21. The van der Waals surface area contributed by atoms with E-state index in [9.17, 15) is 8.42 Å². The summed E-state index contributed by atoms with van der Waals surface area (Å²) in [5, 5.41) is 0. The van der Waals surface area contributed by atoms with Crippen molar-refractivity contribution in [3.63, 3.8) is 0 Å². The number of hydrogen-bond donors (Lipinski definition) is 1. The van der Waals surface area contributed by atoms with Crippen molar-refractivity contribution in [2.75, 3.05) is 19.6 Å². The van der Waals surface area contributed by atoms with Gasteiger partial charge in [-0.05, 0) is 50.6 Å². The van der Waals surface area contributed by atoms with Crippen molar-refractivity contribution in [3.05, 3.63) is 28.2 Å². The number of benzene rings is 1. The number of halogens is 1. The van der Waals surface area contributed by atoms with Gasteiger partial charge >= 0.3 is 0 Å². The lowest BCUT2D eigenvalue weighted by Crippen LogP contribution is -2.40. The van der Waals surface area contributed by atoms with Gasteiger partial charge in [-0.2, -0.15) is 0 Å². The van der Waals surface area contributed by atoms with Crippen LogP contribution in [0.1, 0.15) is 25.3 Å². The molecule has 1 aromatic carbocycles. The predicted molar refractivity (Wildman–Crippen MR) is 84.3 cm³/mol. The maximum absolute atomic E-state index is 12.4. The maximum atomic E-state index is 12.4. The second-order valence-electron chi connectivity index (χ2n) is 5.19. The van der Waals surface area contributed by atoms with Gasteiger partial charge in [-0.3, -0.25) is 4.90 Å². The molecule has 112 valence electrons. The van der Waals surface area contributed by atoms with Crippen LogP contribution < -0.4 is 4.72 Å². The molecule has 0 radical (unpaired) electrons. The van der Waals surface area contributed by atoms with Crippen LogP contribution in [0.4, 0.5) is 0 Å². The molecule has 1 heterocycles. The standard InChI is InChI=1S/C14H21BrN2O2S/c1-3-17-8-4-5-13(17)10-16-20(18,19)14-9-12(15)7-6-11(14)2/h6-7,9,13,16H,3-5,8,10H2,1-2H3. The Morgan fingerprint density at radius 2 is 2.20 bits per heavy atom. The van der Waals surface area contributed by atoms with Gasteiger partial charge in [-0.1, -0.05) is 28.9 Å². The molecule has 1 N–H and O–H groups in total. The van der Waals surface area contributed by atoms with Gasteiger partial charge in [0.1, 0.15) is 0 Å². The monoisotopic (exact) mass is 360 g/mol. The summed E-state index contributed by atoms with van der Waals surface area (Å²) in [6, 6.07) is 5.64. The molecule has 1 atom stereocenters. The fourth-order valence-corrected chi connectivity index (χ4v) is 4.54. The van der Waals surface area contributed by atoms with E-state index in [1.807, 2.05) is 19.1 Å². The van der Waals surface area contributed by atoms with Gasteiger partial charge in [-0.25, -0.2) is 13.1 Å². The molecule has 1 aromatic rings. The van der Waals surface area contributed by atoms with Crippen LogP contribution in [0.15, 0.2) is 27.6 Å². The minimum Gasteiger partial charge on any atom is -0.299 e. The minimum absolute atomic E-state index is 0.322. The lowest BCUT2D eigenvalue weighted by Gasteiger charge is -2.23. The Balaban J connectivity index is 2.09. The zero-order chi connectivity index (χ0) is 14.8. The number of likely N-dealkylation sites (N-methyl/N-ethyl adjacent to an activating group) is 1. The summed E-state index contributed by atoms with van der Waals surface area (Å²) < 4.78 is 28.3. The van der Waals surface area contributed by atoms with E-state index in [-0.39, 0.29) is 0 Å². The molecule has 0 bridgehead atoms. The van der Waals surface area contributed by atoms with Crippen molar-refractivity contribution >= 4 is 26.0 Å². The third kappa shape index (κ3) is 3.61. The number of sulfonamides is 1. The van der Waals surface area contributed by atoms with Crippen molar-refractivity contribution in [3.8, 4) is 0 Å². The van der Waals surface area contributed by atoms with Crippen LogP contribution in [0.2, 0.25) is 0 Å². The molecule has 0 aromatic heterocycles. The first-order valence-electron chi connectivity index (χ1n) is 6.94. The number of nitrogens with zero attached hydrogens (tertiary/aromatic N) is 1. The van der Waals surface area contributed by atoms with Gasteiger partial charge in [0.05, 0.1) is 4.90 Å². The van der Waals surface area contributed by atoms with E-state index in [1.54, 1.807) is 6.07 Å². The van der Waals surface area contributed by atoms with E-state index in [0.717, 1.165) is 36.0 Å². The minimum atomic E-state index is -3.44. The second kappa shape index (κ2) is 6.56. The van der Waals surface area contributed by atoms with Crippen molar-refractivity contribution in [2.24, 2.45) is 0 Å². The summed E-state index contributed by atoms with van der Waals surface area (Å²) in [7, 11) is -3.44. The highest BCUT2D eigenvalue weighted by Gasteiger charge is 2.25. The Kier molecular flexibility index (Phi) is 5.23. The topological polar surface area (TPSA) is 49.4 Å². The number of hydrogen-bond acceptors (Lipinski definition) is 3. The van der Waals surface area contributed by atoms with Gasteiger partial charge in [0.15, 0.2) is 0 Å². The summed E-state index contributed by atoms with van der Waals surface area (Å²) >= 11 is 3.33. The number of likely N-dealkylation sites (tertiary alicyclic amines) is 1. The molecule has 1 unspecified atom stereocenters. The normalized spacial score (nSPS) is 20.4. The zero-order valence-electron chi connectivity index (χ0n) is 11.9. The van der Waals surface area contributed by atoms with Gasteiger partial charge in [0, 0.05) is 17.1 Å². The van der Waals surface area contributed by atoms with Crippen molar-refractivity contribution in [2.45, 2.75) is 37.6 Å². The highest BCUT2D eigenvalue weighted by molar-refractivity contribution is 9.10. The number of nitrogens with one attached hydrogen (secondary N) is 1. The molecule has 0 amide bonds. The molecule has 0 spiro atoms. The third-order valence-corrected chi connectivity index (χ3v) is 5.91. The molecular formula is C14H21BrN2O2S. The van der Waals surface area contributed by atoms with Gasteiger partial charge in [0.25, 0.3) is 0 Å². The second-order valence-corrected chi connectivity index (χ2v) is 7.84. The molecule has 2 rings (SSSR count). The Morgan fingerprint density at radius 3 is 2.90 bits per heavy atom. The summed E-state index contributed by atoms with van der Waals surface area (Å²) in [5.74, 6) is 0. The first-order valence-corrected chi connectivity index (χ1v) is 9.21. The van der Waals surface area contributed by atoms with Crippen LogP contribution in [-0.4, -0.2) is 39.0 Å². The molecule has 1 fully saturated rings. The van der Waals surface area contributed by atoms with Gasteiger partial charge in [0.2, 0.25) is 10.0 Å². The van der Waals surface area contributed by atoms with Gasteiger partial charge in [-0.15, -0.1) is 0 Å². The van der Waals surface area contributed by atoms with Crippen LogP contribution in [0.5, 0.6) is 0 Å². The summed E-state index contributed by atoms with van der Waals surface area (Å²) in [5.41, 5.74) is 0.763. The van der Waals surface area contributed by atoms with Crippen LogP contribution in [0.3, 0.4) is 0 Å². The van der Waals surface area contributed by atoms with E-state index >= 15 is 0 Å². The van der Waals surface area contributed by atoms with E-state index < -0.39 is 10.0 Å². The SMILES string of the molecule is CCN1CCCC1CNS(=O)(=O)c1cc(Br)ccc1C. The van der Waals surface area contributed by atoms with Crippen molar-refractivity contribution < 1.29 is 8.42 Å². The fraction of sp³-hybridized carbons (Fsp3) is 0.571. The average molecular weight is 361 g/mol. The Bertz CT molecular complexity index is 575. The first-order chi connectivity index (χ1) is 9.44. The van der Waals surface area contributed by atoms with Crippen LogP contribution in [-0.2, 0) is 10.0 Å². The van der Waals surface area contributed by atoms with E-state index in [2.05, 4.69) is 32.5 Å². The third-order valence-electron chi connectivity index (χ3n) is 3.85. The van der Waals surface area contributed by atoms with Crippen molar-refractivity contribution in [1.82, 2.24) is 9.62 Å². The Hall–Kier alpha value is -0.430. The zero-order valence-corrected chi connectivity index (χ0v) is 14.3. The molecule has 4 nitrogen and oxygen atoms in total. The van der Waals surface area contributed by atoms with Crippen LogP contribution in [0.25, 0.3) is 0 Å². The molecular weight excluding hydrogens is 340 g/mol. The fourth-order valence-electron chi connectivity index (χ4n) is 2.69. The lowest BCUT2D eigenvalue weighted by atomic mass is 10.2. The number of aryl methyl sites for hydroxylation is 1. The molecule has 0 saturated carbocycles. The largest absolute Gasteiger partial charge is 0.299 e. The van der Waals surface area contributed by atoms with E-state index in [0.29, 0.717) is 17.5 Å². The first kappa shape index (κ1) is 15.9. The number of rotatable bonds is 5. The summed E-state index contributed by atoms with van der Waals surface area (Å²) in [6.45, 7) is 6.46. The van der Waals surface area contributed by atoms with Gasteiger partial charge < -0.3 is 0 Å². The Labute approximate surface area is 129 Å². The van der Waals surface area contributed by atoms with Crippen molar-refractivity contribution in [1.29, 1.82) is 0 Å². The highest BCUT2D eigenvalue weighted by atomic mass is 79.9. The molecule has 20 heavy (non-hydrogen) atoms. The smallest absolute Gasteiger partial charge is 0.240 e. The van der Waals surface area contributed by atoms with Crippen LogP contribution in [0, 0.1) is 6.92 Å². The molecule has 1 aliphatic heterocycles. The summed E-state index contributed by atoms with van der Waals surface area (Å²) in [4.78, 5) is 2.68. The molecule has 0 aliphatic carbocycles.